The summed E-state index contributed by atoms with van der Waals surface area (Å²) in [6.45, 7) is 7.59. The van der Waals surface area contributed by atoms with Crippen molar-refractivity contribution >= 4 is 11.6 Å². The molecule has 4 heterocycles. The Balaban J connectivity index is 1.52. The number of aryl methyl sites for hydroxylation is 1. The van der Waals surface area contributed by atoms with Crippen LogP contribution in [0, 0.1) is 6.92 Å². The third-order valence-corrected chi connectivity index (χ3v) is 6.68. The number of furan rings is 1. The number of nitrogens with zero attached hydrogens (tertiary/aromatic N) is 1. The van der Waals surface area contributed by atoms with Crippen LogP contribution in [0.1, 0.15) is 42.1 Å². The van der Waals surface area contributed by atoms with Gasteiger partial charge in [-0.1, -0.05) is 32.0 Å². The lowest BCUT2D eigenvalue weighted by Gasteiger charge is -2.24. The highest BCUT2D eigenvalue weighted by atomic mass is 16.5. The Labute approximate surface area is 175 Å². The van der Waals surface area contributed by atoms with Crippen LogP contribution in [-0.2, 0) is 22.2 Å². The van der Waals surface area contributed by atoms with Gasteiger partial charge in [0.1, 0.15) is 35.0 Å². The normalized spacial score (nSPS) is 22.6. The van der Waals surface area contributed by atoms with Crippen LogP contribution in [0.3, 0.4) is 0 Å². The number of hydrogen-bond acceptors (Lipinski definition) is 4. The topological polar surface area (TPSA) is 51.9 Å². The lowest BCUT2D eigenvalue weighted by molar-refractivity contribution is -0.122. The van der Waals surface area contributed by atoms with Crippen molar-refractivity contribution in [3.8, 4) is 11.5 Å². The first kappa shape index (κ1) is 17.6. The SMILES string of the molecule is Cc1ccc(CN2C(=O)C3(COc4cc5c(cc43)C(C)(C)CO5)c3ccccc32)o1. The Morgan fingerprint density at radius 3 is 2.50 bits per heavy atom. The summed E-state index contributed by atoms with van der Waals surface area (Å²) in [5.41, 5.74) is 3.06. The molecule has 3 aliphatic heterocycles. The maximum Gasteiger partial charge on any atom is 0.246 e. The van der Waals surface area contributed by atoms with E-state index in [1.54, 1.807) is 0 Å². The summed E-state index contributed by atoms with van der Waals surface area (Å²) in [5, 5.41) is 0. The summed E-state index contributed by atoms with van der Waals surface area (Å²) in [5.74, 6) is 3.25. The Morgan fingerprint density at radius 1 is 0.933 bits per heavy atom. The molecule has 30 heavy (non-hydrogen) atoms. The maximum absolute atomic E-state index is 14.0. The molecule has 0 N–H and O–H groups in total. The van der Waals surface area contributed by atoms with Gasteiger partial charge in [-0.15, -0.1) is 0 Å². The largest absolute Gasteiger partial charge is 0.492 e. The predicted octanol–water partition coefficient (Wildman–Crippen LogP) is 4.48. The van der Waals surface area contributed by atoms with Crippen LogP contribution in [0.2, 0.25) is 0 Å². The average molecular weight is 401 g/mol. The smallest absolute Gasteiger partial charge is 0.246 e. The number of fused-ring (bicyclic) bond motifs is 5. The number of anilines is 1. The number of para-hydroxylation sites is 1. The molecule has 5 nitrogen and oxygen atoms in total. The third-order valence-electron chi connectivity index (χ3n) is 6.68. The molecule has 0 saturated carbocycles. The molecular formula is C25H23NO4. The van der Waals surface area contributed by atoms with E-state index in [1.807, 2.05) is 54.3 Å². The molecule has 1 spiro atoms. The van der Waals surface area contributed by atoms with Crippen LogP contribution in [0.5, 0.6) is 11.5 Å². The molecule has 152 valence electrons. The molecule has 6 rings (SSSR count). The Morgan fingerprint density at radius 2 is 1.70 bits per heavy atom. The van der Waals surface area contributed by atoms with Gasteiger partial charge in [0.2, 0.25) is 5.91 Å². The second-order valence-corrected chi connectivity index (χ2v) is 9.13. The summed E-state index contributed by atoms with van der Waals surface area (Å²) in [6, 6.07) is 16.0. The minimum atomic E-state index is -0.832. The molecule has 2 aromatic carbocycles. The molecule has 1 aromatic heterocycles. The minimum absolute atomic E-state index is 0.0353. The van der Waals surface area contributed by atoms with Crippen LogP contribution in [0.4, 0.5) is 5.69 Å². The fraction of sp³-hybridized carbons (Fsp3) is 0.320. The standard InChI is InChI=1S/C25H23NO4/c1-15-8-9-16(30-15)12-26-20-7-5-4-6-17(20)25(23(26)27)14-29-22-11-21-18(10-19(22)25)24(2,3)13-28-21/h4-11H,12-14H2,1-3H3. The van der Waals surface area contributed by atoms with Gasteiger partial charge in [-0.05, 0) is 36.8 Å². The molecule has 1 atom stereocenters. The minimum Gasteiger partial charge on any atom is -0.492 e. The second kappa shape index (κ2) is 5.69. The third kappa shape index (κ3) is 2.15. The van der Waals surface area contributed by atoms with Gasteiger partial charge in [0.05, 0.1) is 13.2 Å². The number of amides is 1. The van der Waals surface area contributed by atoms with E-state index in [2.05, 4.69) is 19.9 Å². The summed E-state index contributed by atoms with van der Waals surface area (Å²) in [6.07, 6.45) is 0. The van der Waals surface area contributed by atoms with Gasteiger partial charge in [0.15, 0.2) is 0 Å². The highest BCUT2D eigenvalue weighted by molar-refractivity contribution is 6.11. The van der Waals surface area contributed by atoms with Gasteiger partial charge in [-0.25, -0.2) is 0 Å². The molecule has 0 bridgehead atoms. The summed E-state index contributed by atoms with van der Waals surface area (Å²) < 4.78 is 17.8. The van der Waals surface area contributed by atoms with Crippen LogP contribution in [0.15, 0.2) is 52.9 Å². The molecule has 3 aliphatic rings. The molecule has 3 aromatic rings. The van der Waals surface area contributed by atoms with Crippen LogP contribution < -0.4 is 14.4 Å². The van der Waals surface area contributed by atoms with Gasteiger partial charge in [-0.2, -0.15) is 0 Å². The highest BCUT2D eigenvalue weighted by Gasteiger charge is 2.57. The van der Waals surface area contributed by atoms with E-state index < -0.39 is 5.41 Å². The molecule has 1 unspecified atom stereocenters. The first-order chi connectivity index (χ1) is 14.4. The molecule has 0 aliphatic carbocycles. The lowest BCUT2D eigenvalue weighted by Crippen LogP contribution is -2.42. The first-order valence-electron chi connectivity index (χ1n) is 10.3. The van der Waals surface area contributed by atoms with E-state index in [9.17, 15) is 4.79 Å². The van der Waals surface area contributed by atoms with Crippen molar-refractivity contribution in [3.63, 3.8) is 0 Å². The quantitative estimate of drug-likeness (QED) is 0.635. The number of hydrogen-bond donors (Lipinski definition) is 0. The van der Waals surface area contributed by atoms with Gasteiger partial charge in [-0.3, -0.25) is 4.79 Å². The Bertz CT molecular complexity index is 1210. The van der Waals surface area contributed by atoms with E-state index in [0.717, 1.165) is 45.4 Å². The summed E-state index contributed by atoms with van der Waals surface area (Å²) >= 11 is 0. The monoisotopic (exact) mass is 401 g/mol. The van der Waals surface area contributed by atoms with E-state index in [1.165, 1.54) is 0 Å². The molecular weight excluding hydrogens is 378 g/mol. The van der Waals surface area contributed by atoms with E-state index >= 15 is 0 Å². The van der Waals surface area contributed by atoms with E-state index in [-0.39, 0.29) is 11.3 Å². The average Bonchev–Trinajstić information content (AvgIpc) is 3.45. The van der Waals surface area contributed by atoms with Crippen molar-refractivity contribution < 1.29 is 18.7 Å². The van der Waals surface area contributed by atoms with Crippen molar-refractivity contribution in [2.75, 3.05) is 18.1 Å². The fourth-order valence-corrected chi connectivity index (χ4v) is 5.07. The summed E-state index contributed by atoms with van der Waals surface area (Å²) in [4.78, 5) is 15.8. The molecule has 0 saturated heterocycles. The summed E-state index contributed by atoms with van der Waals surface area (Å²) in [7, 11) is 0. The zero-order valence-corrected chi connectivity index (χ0v) is 17.3. The van der Waals surface area contributed by atoms with Crippen LogP contribution in [-0.4, -0.2) is 19.1 Å². The van der Waals surface area contributed by atoms with Gasteiger partial charge >= 0.3 is 0 Å². The van der Waals surface area contributed by atoms with Gasteiger partial charge in [0, 0.05) is 28.3 Å². The van der Waals surface area contributed by atoms with Gasteiger partial charge < -0.3 is 18.8 Å². The second-order valence-electron chi connectivity index (χ2n) is 9.13. The van der Waals surface area contributed by atoms with Crippen LogP contribution >= 0.6 is 0 Å². The number of benzene rings is 2. The van der Waals surface area contributed by atoms with E-state index in [0.29, 0.717) is 19.8 Å². The zero-order chi connectivity index (χ0) is 20.7. The fourth-order valence-electron chi connectivity index (χ4n) is 5.07. The van der Waals surface area contributed by atoms with Crippen molar-refractivity contribution in [3.05, 3.63) is 76.7 Å². The molecule has 0 radical (unpaired) electrons. The Hall–Kier alpha value is -3.21. The number of carbonyl (C=O) groups is 1. The zero-order valence-electron chi connectivity index (χ0n) is 17.3. The lowest BCUT2D eigenvalue weighted by atomic mass is 9.75. The molecule has 1 amide bonds. The maximum atomic E-state index is 14.0. The van der Waals surface area contributed by atoms with Gasteiger partial charge in [0.25, 0.3) is 0 Å². The van der Waals surface area contributed by atoms with Crippen LogP contribution in [0.25, 0.3) is 0 Å². The Kier molecular flexibility index (Phi) is 3.34. The van der Waals surface area contributed by atoms with Crippen molar-refractivity contribution in [2.24, 2.45) is 0 Å². The predicted molar refractivity (Wildman–Crippen MR) is 112 cm³/mol. The number of ether oxygens (including phenoxy) is 2. The number of rotatable bonds is 2. The van der Waals surface area contributed by atoms with Crippen molar-refractivity contribution in [2.45, 2.75) is 38.1 Å². The molecule has 5 heteroatoms. The molecule has 0 fully saturated rings. The van der Waals surface area contributed by atoms with Crippen molar-refractivity contribution in [1.29, 1.82) is 0 Å². The van der Waals surface area contributed by atoms with E-state index in [4.69, 9.17) is 13.9 Å². The first-order valence-corrected chi connectivity index (χ1v) is 10.3. The highest BCUT2D eigenvalue weighted by Crippen LogP contribution is 2.55. The van der Waals surface area contributed by atoms with Crippen molar-refractivity contribution in [1.82, 2.24) is 0 Å². The number of carbonyl (C=O) groups excluding carboxylic acids is 1.